The lowest BCUT2D eigenvalue weighted by Crippen LogP contribution is -2.58. The highest BCUT2D eigenvalue weighted by Crippen LogP contribution is 2.24. The third kappa shape index (κ3) is 7.16. The van der Waals surface area contributed by atoms with Crippen LogP contribution in [0.5, 0.6) is 0 Å². The van der Waals surface area contributed by atoms with Crippen LogP contribution in [0.15, 0.2) is 12.1 Å². The van der Waals surface area contributed by atoms with Crippen molar-refractivity contribution in [2.24, 2.45) is 5.92 Å². The predicted octanol–water partition coefficient (Wildman–Crippen LogP) is 3.64. The molecule has 3 heterocycles. The number of nitrogens with one attached hydrogen (secondary N) is 3. The first-order valence-electron chi connectivity index (χ1n) is 11.7. The van der Waals surface area contributed by atoms with Gasteiger partial charge in [-0.1, -0.05) is 0 Å². The van der Waals surface area contributed by atoms with Gasteiger partial charge in [-0.3, -0.25) is 9.89 Å². The summed E-state index contributed by atoms with van der Waals surface area (Å²) in [4.78, 5) is 36.4. The van der Waals surface area contributed by atoms with E-state index in [0.29, 0.717) is 30.5 Å². The molecule has 0 spiro atoms. The van der Waals surface area contributed by atoms with Crippen molar-refractivity contribution in [3.63, 3.8) is 0 Å². The van der Waals surface area contributed by atoms with E-state index in [9.17, 15) is 9.59 Å². The van der Waals surface area contributed by atoms with Gasteiger partial charge in [0.05, 0.1) is 0 Å². The fraction of sp³-hybridized carbons (Fsp3) is 0.625. The molecule has 1 atom stereocenters. The van der Waals surface area contributed by atoms with Crippen molar-refractivity contribution in [1.82, 2.24) is 30.4 Å². The lowest BCUT2D eigenvalue weighted by molar-refractivity contribution is -0.139. The van der Waals surface area contributed by atoms with Gasteiger partial charge >= 0.3 is 6.09 Å². The summed E-state index contributed by atoms with van der Waals surface area (Å²) in [5, 5.41) is 13.0. The fourth-order valence-corrected chi connectivity index (χ4v) is 4.13. The molecule has 0 unspecified atom stereocenters. The Kier molecular flexibility index (Phi) is 7.48. The maximum absolute atomic E-state index is 13.2. The first-order chi connectivity index (χ1) is 15.8. The van der Waals surface area contributed by atoms with Gasteiger partial charge < -0.3 is 20.3 Å². The number of H-pyrrole nitrogens is 1. The summed E-state index contributed by atoms with van der Waals surface area (Å²) in [5.74, 6) is 2.23. The van der Waals surface area contributed by atoms with Gasteiger partial charge in [0.15, 0.2) is 5.82 Å². The second kappa shape index (κ2) is 9.99. The summed E-state index contributed by atoms with van der Waals surface area (Å²) < 4.78 is 5.33. The van der Waals surface area contributed by atoms with Crippen molar-refractivity contribution >= 4 is 23.6 Å². The smallest absolute Gasteiger partial charge is 0.408 e. The van der Waals surface area contributed by atoms with Crippen molar-refractivity contribution < 1.29 is 14.3 Å². The molecule has 2 aromatic rings. The largest absolute Gasteiger partial charge is 0.444 e. The number of carbonyl (C=O) groups excluding carboxylic acids is 2. The van der Waals surface area contributed by atoms with Crippen LogP contribution < -0.4 is 10.6 Å². The number of aromatic nitrogens is 4. The Labute approximate surface area is 201 Å². The van der Waals surface area contributed by atoms with Crippen molar-refractivity contribution in [1.29, 1.82) is 0 Å². The van der Waals surface area contributed by atoms with Crippen LogP contribution in [0, 0.1) is 19.8 Å². The minimum atomic E-state index is -1.06. The van der Waals surface area contributed by atoms with Gasteiger partial charge in [0.2, 0.25) is 5.91 Å². The van der Waals surface area contributed by atoms with Gasteiger partial charge in [-0.05, 0) is 73.6 Å². The number of carbonyl (C=O) groups is 2. The van der Waals surface area contributed by atoms with Gasteiger partial charge in [-0.2, -0.15) is 5.10 Å². The summed E-state index contributed by atoms with van der Waals surface area (Å²) in [6.45, 7) is 13.9. The van der Waals surface area contributed by atoms with Crippen molar-refractivity contribution in [3.05, 3.63) is 29.3 Å². The van der Waals surface area contributed by atoms with Gasteiger partial charge in [-0.25, -0.2) is 14.8 Å². The maximum atomic E-state index is 13.2. The molecule has 0 aliphatic carbocycles. The van der Waals surface area contributed by atoms with Crippen LogP contribution in [0.4, 0.5) is 16.4 Å². The van der Waals surface area contributed by atoms with Crippen molar-refractivity contribution in [3.8, 4) is 0 Å². The maximum Gasteiger partial charge on any atom is 0.408 e. The van der Waals surface area contributed by atoms with Crippen LogP contribution in [-0.2, 0) is 16.0 Å². The molecule has 34 heavy (non-hydrogen) atoms. The topological polar surface area (TPSA) is 125 Å². The predicted molar refractivity (Wildman–Crippen MR) is 130 cm³/mol. The number of likely N-dealkylation sites (tertiary alicyclic amines) is 1. The molecule has 1 fully saturated rings. The number of aryl methyl sites for hydroxylation is 2. The molecule has 0 saturated carbocycles. The first kappa shape index (κ1) is 25.5. The quantitative estimate of drug-likeness (QED) is 0.587. The van der Waals surface area contributed by atoms with Gasteiger partial charge in [0.25, 0.3) is 0 Å². The standard InChI is InChI=1S/C24H37N7O3/c1-15-11-20(30-29-15)27-19-13-18(25-16(2)26-19)12-17-9-8-10-31(14-17)21(32)24(6,7)28-22(33)34-23(3,4)5/h11,13,17H,8-10,12,14H2,1-7H3,(H,28,33)(H2,25,26,27,29,30)/t17-/m1/s1. The molecule has 1 aliphatic heterocycles. The summed E-state index contributed by atoms with van der Waals surface area (Å²) in [7, 11) is 0. The summed E-state index contributed by atoms with van der Waals surface area (Å²) in [6.07, 6.45) is 2.05. The molecule has 3 N–H and O–H groups in total. The zero-order chi connectivity index (χ0) is 25.1. The minimum Gasteiger partial charge on any atom is -0.444 e. The Hall–Kier alpha value is -3.17. The lowest BCUT2D eigenvalue weighted by Gasteiger charge is -2.38. The molecule has 1 aliphatic rings. The molecule has 0 bridgehead atoms. The first-order valence-corrected chi connectivity index (χ1v) is 11.7. The Morgan fingerprint density at radius 3 is 2.53 bits per heavy atom. The molecule has 0 radical (unpaired) electrons. The Bertz CT molecular complexity index is 1030. The zero-order valence-corrected chi connectivity index (χ0v) is 21.3. The summed E-state index contributed by atoms with van der Waals surface area (Å²) in [6, 6.07) is 3.85. The van der Waals surface area contributed by atoms with Crippen molar-refractivity contribution in [2.75, 3.05) is 18.4 Å². The monoisotopic (exact) mass is 471 g/mol. The van der Waals surface area contributed by atoms with E-state index >= 15 is 0 Å². The Morgan fingerprint density at radius 1 is 1.15 bits per heavy atom. The number of nitrogens with zero attached hydrogens (tertiary/aromatic N) is 4. The van der Waals surface area contributed by atoms with Crippen LogP contribution >= 0.6 is 0 Å². The number of aromatic amines is 1. The van der Waals surface area contributed by atoms with Crippen LogP contribution in [0.3, 0.4) is 0 Å². The highest BCUT2D eigenvalue weighted by atomic mass is 16.6. The average Bonchev–Trinajstić information content (AvgIpc) is 3.09. The molecule has 10 heteroatoms. The summed E-state index contributed by atoms with van der Waals surface area (Å²) in [5.41, 5.74) is 0.199. The molecule has 3 rings (SSSR count). The summed E-state index contributed by atoms with van der Waals surface area (Å²) >= 11 is 0. The number of rotatable bonds is 6. The number of amides is 2. The molecule has 186 valence electrons. The zero-order valence-electron chi connectivity index (χ0n) is 21.3. The Morgan fingerprint density at radius 2 is 1.88 bits per heavy atom. The van der Waals surface area contributed by atoms with E-state index in [1.54, 1.807) is 34.6 Å². The number of hydrogen-bond acceptors (Lipinski definition) is 7. The highest BCUT2D eigenvalue weighted by molar-refractivity contribution is 5.89. The minimum absolute atomic E-state index is 0.113. The van der Waals surface area contributed by atoms with E-state index in [2.05, 4.69) is 30.8 Å². The molecule has 2 aromatic heterocycles. The molecule has 10 nitrogen and oxygen atoms in total. The third-order valence-electron chi connectivity index (χ3n) is 5.51. The number of piperidine rings is 1. The second-order valence-corrected chi connectivity index (χ2v) is 10.6. The highest BCUT2D eigenvalue weighted by Gasteiger charge is 2.37. The fourth-order valence-electron chi connectivity index (χ4n) is 4.13. The van der Waals surface area contributed by atoms with Crippen LogP contribution in [0.2, 0.25) is 0 Å². The lowest BCUT2D eigenvalue weighted by atomic mass is 9.91. The van der Waals surface area contributed by atoms with Crippen LogP contribution in [0.25, 0.3) is 0 Å². The Balaban J connectivity index is 1.63. The van der Waals surface area contributed by atoms with Crippen molar-refractivity contribution in [2.45, 2.75) is 78.9 Å². The third-order valence-corrected chi connectivity index (χ3v) is 5.51. The molecule has 1 saturated heterocycles. The van der Waals surface area contributed by atoms with E-state index in [1.165, 1.54) is 0 Å². The van der Waals surface area contributed by atoms with Gasteiger partial charge in [-0.15, -0.1) is 0 Å². The van der Waals surface area contributed by atoms with E-state index in [1.807, 2.05) is 30.9 Å². The number of anilines is 2. The second-order valence-electron chi connectivity index (χ2n) is 10.6. The van der Waals surface area contributed by atoms with Crippen LogP contribution in [0.1, 0.15) is 64.7 Å². The molecular weight excluding hydrogens is 434 g/mol. The van der Waals surface area contributed by atoms with E-state index < -0.39 is 17.2 Å². The SMILES string of the molecule is Cc1nc(C[C@H]2CCCN(C(=O)C(C)(C)NC(=O)OC(C)(C)C)C2)cc(Nc2cc(C)[nH]n2)n1. The molecular formula is C24H37N7O3. The number of hydrogen-bond donors (Lipinski definition) is 3. The van der Waals surface area contributed by atoms with E-state index in [0.717, 1.165) is 30.7 Å². The van der Waals surface area contributed by atoms with Gasteiger partial charge in [0.1, 0.15) is 22.8 Å². The van der Waals surface area contributed by atoms with E-state index in [-0.39, 0.29) is 11.8 Å². The number of ether oxygens (including phenoxy) is 1. The van der Waals surface area contributed by atoms with E-state index in [4.69, 9.17) is 4.74 Å². The number of alkyl carbamates (subject to hydrolysis) is 1. The molecule has 0 aromatic carbocycles. The normalized spacial score (nSPS) is 16.8. The van der Waals surface area contributed by atoms with Crippen LogP contribution in [-0.4, -0.2) is 61.3 Å². The van der Waals surface area contributed by atoms with Gasteiger partial charge in [0, 0.05) is 36.6 Å². The molecule has 2 amide bonds. The average molecular weight is 472 g/mol.